The monoisotopic (exact) mass is 428 g/mol. The predicted octanol–water partition coefficient (Wildman–Crippen LogP) is 3.79. The van der Waals surface area contributed by atoms with E-state index in [1.54, 1.807) is 19.1 Å². The Balaban J connectivity index is 1.64. The van der Waals surface area contributed by atoms with Crippen LogP contribution in [0.25, 0.3) is 0 Å². The van der Waals surface area contributed by atoms with Crippen LogP contribution in [-0.4, -0.2) is 41.6 Å². The maximum Gasteiger partial charge on any atom is 0.508 e. The number of allylic oxidation sites excluding steroid dienone is 5. The molecule has 0 spiro atoms. The summed E-state index contributed by atoms with van der Waals surface area (Å²) in [4.78, 5) is 36.6. The lowest BCUT2D eigenvalue weighted by Crippen LogP contribution is -2.57. The summed E-state index contributed by atoms with van der Waals surface area (Å²) in [6.45, 7) is 7.38. The molecule has 0 aromatic carbocycles. The van der Waals surface area contributed by atoms with E-state index >= 15 is 0 Å². The van der Waals surface area contributed by atoms with Gasteiger partial charge in [0.1, 0.15) is 5.60 Å². The molecule has 0 saturated heterocycles. The summed E-state index contributed by atoms with van der Waals surface area (Å²) in [5.41, 5.74) is -1.39. The van der Waals surface area contributed by atoms with E-state index in [0.717, 1.165) is 19.3 Å². The van der Waals surface area contributed by atoms with Crippen LogP contribution in [0.2, 0.25) is 0 Å². The van der Waals surface area contributed by atoms with Gasteiger partial charge in [-0.15, -0.1) is 0 Å². The van der Waals surface area contributed by atoms with Gasteiger partial charge in [0.15, 0.2) is 12.4 Å². The average Bonchev–Trinajstić information content (AvgIpc) is 2.94. The zero-order valence-corrected chi connectivity index (χ0v) is 18.7. The Morgan fingerprint density at radius 3 is 2.68 bits per heavy atom. The minimum absolute atomic E-state index is 0.0478. The fourth-order valence-corrected chi connectivity index (χ4v) is 6.90. The van der Waals surface area contributed by atoms with E-state index in [-0.39, 0.29) is 35.6 Å². The molecule has 0 radical (unpaired) electrons. The minimum Gasteiger partial charge on any atom is -0.435 e. The molecule has 4 aliphatic rings. The summed E-state index contributed by atoms with van der Waals surface area (Å²) in [7, 11) is 0. The number of carbonyl (C=O) groups is 3. The van der Waals surface area contributed by atoms with Gasteiger partial charge in [-0.2, -0.15) is 0 Å². The van der Waals surface area contributed by atoms with Crippen molar-refractivity contribution in [1.29, 1.82) is 0 Å². The maximum atomic E-state index is 13.2. The summed E-state index contributed by atoms with van der Waals surface area (Å²) in [6.07, 6.45) is 11.2. The number of hydrogen-bond donors (Lipinski definition) is 1. The number of ether oxygens (including phenoxy) is 2. The molecule has 0 bridgehead atoms. The first-order valence-corrected chi connectivity index (χ1v) is 11.3. The Labute approximate surface area is 183 Å². The van der Waals surface area contributed by atoms with Crippen LogP contribution >= 0.6 is 0 Å². The predicted molar refractivity (Wildman–Crippen MR) is 114 cm³/mol. The van der Waals surface area contributed by atoms with Crippen molar-refractivity contribution >= 4 is 17.7 Å². The highest BCUT2D eigenvalue weighted by atomic mass is 16.7. The van der Waals surface area contributed by atoms with Crippen LogP contribution in [0.4, 0.5) is 4.79 Å². The Bertz CT molecular complexity index is 900. The van der Waals surface area contributed by atoms with Gasteiger partial charge in [0.25, 0.3) is 0 Å². The molecule has 0 amide bonds. The molecule has 1 N–H and O–H groups in total. The van der Waals surface area contributed by atoms with E-state index in [1.165, 1.54) is 5.57 Å². The molecular weight excluding hydrogens is 396 g/mol. The van der Waals surface area contributed by atoms with E-state index in [2.05, 4.69) is 13.0 Å². The highest BCUT2D eigenvalue weighted by Gasteiger charge is 2.67. The number of hydrogen-bond acceptors (Lipinski definition) is 6. The van der Waals surface area contributed by atoms with Crippen molar-refractivity contribution in [3.8, 4) is 0 Å². The largest absolute Gasteiger partial charge is 0.508 e. The first-order chi connectivity index (χ1) is 14.6. The molecule has 0 aromatic rings. The minimum atomic E-state index is -1.61. The van der Waals surface area contributed by atoms with Crippen LogP contribution in [0.5, 0.6) is 0 Å². The molecule has 4 rings (SSSR count). The molecule has 168 valence electrons. The van der Waals surface area contributed by atoms with Gasteiger partial charge in [-0.3, -0.25) is 9.59 Å². The second-order valence-corrected chi connectivity index (χ2v) is 9.96. The van der Waals surface area contributed by atoms with Crippen LogP contribution in [0.3, 0.4) is 0 Å². The third-order valence-electron chi connectivity index (χ3n) is 8.59. The molecule has 4 aliphatic carbocycles. The number of carbonyl (C=O) groups excluding carboxylic acids is 3. The SMILES string of the molecule is CCOC(=O)OCC(=O)[C@@]1(O)[C@@H](C)C[C@H]2[C@@H]3CCC4=CC(=O)C=C[C@]4(C)[C@H]3C=C[C@@]21C. The molecule has 2 fully saturated rings. The van der Waals surface area contributed by atoms with E-state index in [9.17, 15) is 19.5 Å². The van der Waals surface area contributed by atoms with Gasteiger partial charge in [-0.05, 0) is 62.0 Å². The first kappa shape index (κ1) is 22.0. The Morgan fingerprint density at radius 2 is 1.97 bits per heavy atom. The highest BCUT2D eigenvalue weighted by molar-refractivity contribution is 6.01. The van der Waals surface area contributed by atoms with Crippen LogP contribution in [0.15, 0.2) is 36.0 Å². The van der Waals surface area contributed by atoms with Gasteiger partial charge >= 0.3 is 6.16 Å². The van der Waals surface area contributed by atoms with Gasteiger partial charge in [0.05, 0.1) is 6.61 Å². The number of ketones is 2. The van der Waals surface area contributed by atoms with Crippen molar-refractivity contribution in [2.24, 2.45) is 34.5 Å². The molecule has 6 heteroatoms. The summed E-state index contributed by atoms with van der Waals surface area (Å²) >= 11 is 0. The smallest absolute Gasteiger partial charge is 0.435 e. The molecule has 0 aromatic heterocycles. The lowest BCUT2D eigenvalue weighted by molar-refractivity contribution is -0.157. The number of Topliss-reactive ketones (excluding diaryl/α,β-unsaturated/α-hetero) is 1. The maximum absolute atomic E-state index is 13.2. The number of fused-ring (bicyclic) bond motifs is 5. The van der Waals surface area contributed by atoms with Gasteiger partial charge < -0.3 is 14.6 Å². The van der Waals surface area contributed by atoms with Crippen molar-refractivity contribution in [2.45, 2.75) is 52.6 Å². The van der Waals surface area contributed by atoms with E-state index < -0.39 is 29.6 Å². The Kier molecular flexibility index (Phi) is 5.28. The summed E-state index contributed by atoms with van der Waals surface area (Å²) in [6, 6.07) is 0. The third kappa shape index (κ3) is 3.05. The van der Waals surface area contributed by atoms with Crippen molar-refractivity contribution in [2.75, 3.05) is 13.2 Å². The molecule has 0 unspecified atom stereocenters. The highest BCUT2D eigenvalue weighted by Crippen LogP contribution is 2.65. The van der Waals surface area contributed by atoms with Gasteiger partial charge in [0.2, 0.25) is 5.78 Å². The second-order valence-electron chi connectivity index (χ2n) is 9.96. The quantitative estimate of drug-likeness (QED) is 0.541. The third-order valence-corrected chi connectivity index (χ3v) is 8.59. The summed E-state index contributed by atoms with van der Waals surface area (Å²) in [5, 5.41) is 11.7. The van der Waals surface area contributed by atoms with E-state index in [1.807, 2.05) is 26.0 Å². The standard InChI is InChI=1S/C25H32O6/c1-5-30-22(28)31-14-21(27)25(29)15(2)12-20-18-7-6-16-13-17(26)8-10-23(16,3)19(18)9-11-24(20,25)4/h8-11,13,15,18-20,29H,5-7,12,14H2,1-4H3/t15-,18+,19-,20-,23-,24-,25-/m0/s1. The lowest BCUT2D eigenvalue weighted by Gasteiger charge is -2.54. The molecular formula is C25H32O6. The first-order valence-electron chi connectivity index (χ1n) is 11.3. The molecule has 6 nitrogen and oxygen atoms in total. The van der Waals surface area contributed by atoms with Crippen LogP contribution in [0, 0.1) is 34.5 Å². The molecule has 0 aliphatic heterocycles. The molecule has 2 saturated carbocycles. The van der Waals surface area contributed by atoms with E-state index in [0.29, 0.717) is 5.92 Å². The fraction of sp³-hybridized carbons (Fsp3) is 0.640. The lowest BCUT2D eigenvalue weighted by atomic mass is 9.49. The summed E-state index contributed by atoms with van der Waals surface area (Å²) in [5.74, 6) is -0.0602. The summed E-state index contributed by atoms with van der Waals surface area (Å²) < 4.78 is 9.70. The van der Waals surface area contributed by atoms with Gasteiger partial charge in [-0.1, -0.05) is 44.6 Å². The normalized spacial score (nSPS) is 42.9. The zero-order chi connectivity index (χ0) is 22.6. The van der Waals surface area contributed by atoms with Crippen molar-refractivity contribution in [1.82, 2.24) is 0 Å². The molecule has 0 heterocycles. The van der Waals surface area contributed by atoms with Crippen LogP contribution < -0.4 is 0 Å². The Morgan fingerprint density at radius 1 is 1.23 bits per heavy atom. The molecule has 31 heavy (non-hydrogen) atoms. The van der Waals surface area contributed by atoms with Crippen molar-refractivity contribution in [3.63, 3.8) is 0 Å². The Hall–Kier alpha value is -2.21. The van der Waals surface area contributed by atoms with Gasteiger partial charge in [0, 0.05) is 10.8 Å². The van der Waals surface area contributed by atoms with Crippen molar-refractivity contribution in [3.05, 3.63) is 36.0 Å². The van der Waals surface area contributed by atoms with Crippen LogP contribution in [0.1, 0.15) is 47.0 Å². The van der Waals surface area contributed by atoms with Crippen molar-refractivity contribution < 1.29 is 29.0 Å². The van der Waals surface area contributed by atoms with Crippen LogP contribution in [-0.2, 0) is 19.1 Å². The fourth-order valence-electron chi connectivity index (χ4n) is 6.90. The second kappa shape index (κ2) is 7.44. The average molecular weight is 429 g/mol. The molecule has 7 atom stereocenters. The van der Waals surface area contributed by atoms with Gasteiger partial charge in [-0.25, -0.2) is 4.79 Å². The zero-order valence-electron chi connectivity index (χ0n) is 18.7. The topological polar surface area (TPSA) is 89.9 Å². The number of rotatable bonds is 4. The number of aliphatic hydroxyl groups is 1. The van der Waals surface area contributed by atoms with E-state index in [4.69, 9.17) is 9.47 Å².